The number of hydrogen-bond donors (Lipinski definition) is 3. The molecule has 3 unspecified atom stereocenters. The van der Waals surface area contributed by atoms with Crippen LogP contribution in [-0.4, -0.2) is 53.6 Å². The smallest absolute Gasteiger partial charge is 0.186 e. The molecule has 1 aliphatic heterocycles. The van der Waals surface area contributed by atoms with Crippen molar-refractivity contribution in [2.75, 3.05) is 13.7 Å². The molecule has 5 atom stereocenters. The topological polar surface area (TPSA) is 88.4 Å². The minimum Gasteiger partial charge on any atom is -0.494 e. The molecule has 7 heteroatoms. The van der Waals surface area contributed by atoms with Gasteiger partial charge in [-0.15, -0.1) is 0 Å². The molecule has 0 aromatic heterocycles. The molecule has 28 heavy (non-hydrogen) atoms. The zero-order valence-electron chi connectivity index (χ0n) is 15.8. The Morgan fingerprint density at radius 3 is 2.36 bits per heavy atom. The largest absolute Gasteiger partial charge is 0.494 e. The van der Waals surface area contributed by atoms with Crippen molar-refractivity contribution in [2.24, 2.45) is 0 Å². The number of methoxy groups -OCH3 is 1. The summed E-state index contributed by atoms with van der Waals surface area (Å²) in [7, 11) is 1.37. The van der Waals surface area contributed by atoms with E-state index in [1.165, 1.54) is 7.11 Å². The molecule has 1 saturated heterocycles. The number of aliphatic hydroxyl groups is 3. The number of hydrogen-bond acceptors (Lipinski definition) is 6. The summed E-state index contributed by atoms with van der Waals surface area (Å²) in [6, 6.07) is 13.1. The molecule has 0 amide bonds. The van der Waals surface area contributed by atoms with E-state index in [0.29, 0.717) is 23.6 Å². The van der Waals surface area contributed by atoms with Gasteiger partial charge in [-0.25, -0.2) is 0 Å². The number of benzene rings is 2. The van der Waals surface area contributed by atoms with Crippen LogP contribution in [0.15, 0.2) is 42.5 Å². The van der Waals surface area contributed by atoms with E-state index in [0.717, 1.165) is 16.9 Å². The average molecular weight is 409 g/mol. The summed E-state index contributed by atoms with van der Waals surface area (Å²) in [5, 5.41) is 31.0. The first-order valence-corrected chi connectivity index (χ1v) is 9.55. The van der Waals surface area contributed by atoms with Crippen LogP contribution in [0.5, 0.6) is 5.75 Å². The van der Waals surface area contributed by atoms with Crippen molar-refractivity contribution in [3.63, 3.8) is 0 Å². The summed E-state index contributed by atoms with van der Waals surface area (Å²) in [5.41, 5.74) is 2.55. The van der Waals surface area contributed by atoms with E-state index in [1.54, 1.807) is 12.1 Å². The van der Waals surface area contributed by atoms with Crippen LogP contribution in [0.25, 0.3) is 0 Å². The van der Waals surface area contributed by atoms with Crippen LogP contribution in [-0.2, 0) is 15.9 Å². The Morgan fingerprint density at radius 1 is 1.00 bits per heavy atom. The van der Waals surface area contributed by atoms with Gasteiger partial charge >= 0.3 is 0 Å². The molecule has 1 aliphatic rings. The van der Waals surface area contributed by atoms with Gasteiger partial charge in [0.1, 0.15) is 30.2 Å². The standard InChI is InChI=1S/C21H25ClO6/c1-3-27-15-7-4-12(5-8-15)10-14-11-13(6-9-16(14)22)20-18(24)17(23)19(25)21(26-2)28-20/h4-9,11,17-21,23-25H,3,10H2,1-2H3/t17?,18-,19+,20?,21?/m1/s1. The minimum absolute atomic E-state index is 0.584. The average Bonchev–Trinajstić information content (AvgIpc) is 2.70. The molecule has 0 radical (unpaired) electrons. The third-order valence-corrected chi connectivity index (χ3v) is 5.20. The summed E-state index contributed by atoms with van der Waals surface area (Å²) in [6.07, 6.45) is -5.30. The first-order chi connectivity index (χ1) is 13.4. The molecular weight excluding hydrogens is 384 g/mol. The summed E-state index contributed by atoms with van der Waals surface area (Å²) < 4.78 is 16.2. The second-order valence-corrected chi connectivity index (χ2v) is 7.14. The number of ether oxygens (including phenoxy) is 3. The SMILES string of the molecule is CCOc1ccc(Cc2cc(C3OC(OC)[C@@H](O)C(O)[C@H]3O)ccc2Cl)cc1. The van der Waals surface area contributed by atoms with E-state index in [4.69, 9.17) is 25.8 Å². The van der Waals surface area contributed by atoms with E-state index in [1.807, 2.05) is 37.3 Å². The van der Waals surface area contributed by atoms with E-state index in [-0.39, 0.29) is 0 Å². The third kappa shape index (κ3) is 4.49. The van der Waals surface area contributed by atoms with Gasteiger partial charge in [-0.05, 0) is 48.2 Å². The highest BCUT2D eigenvalue weighted by Crippen LogP contribution is 2.34. The van der Waals surface area contributed by atoms with Crippen LogP contribution in [0.1, 0.15) is 29.7 Å². The molecule has 3 rings (SSSR count). The lowest BCUT2D eigenvalue weighted by Crippen LogP contribution is -2.54. The highest BCUT2D eigenvalue weighted by Gasteiger charge is 2.44. The second kappa shape index (κ2) is 9.22. The lowest BCUT2D eigenvalue weighted by molar-refractivity contribution is -0.292. The van der Waals surface area contributed by atoms with Gasteiger partial charge in [-0.3, -0.25) is 0 Å². The molecule has 6 nitrogen and oxygen atoms in total. The van der Waals surface area contributed by atoms with Gasteiger partial charge in [0.25, 0.3) is 0 Å². The van der Waals surface area contributed by atoms with Gasteiger partial charge in [0.15, 0.2) is 6.29 Å². The number of aliphatic hydroxyl groups excluding tert-OH is 3. The fourth-order valence-corrected chi connectivity index (χ4v) is 3.50. The summed E-state index contributed by atoms with van der Waals surface area (Å²) in [5.74, 6) is 0.808. The van der Waals surface area contributed by atoms with Crippen LogP contribution < -0.4 is 4.74 Å². The van der Waals surface area contributed by atoms with Crippen molar-refractivity contribution in [3.8, 4) is 5.75 Å². The molecule has 0 spiro atoms. The van der Waals surface area contributed by atoms with E-state index >= 15 is 0 Å². The van der Waals surface area contributed by atoms with Crippen LogP contribution >= 0.6 is 11.6 Å². The quantitative estimate of drug-likeness (QED) is 0.680. The maximum Gasteiger partial charge on any atom is 0.186 e. The minimum atomic E-state index is -1.38. The van der Waals surface area contributed by atoms with Crippen LogP contribution in [0.4, 0.5) is 0 Å². The molecule has 2 aromatic rings. The molecule has 3 N–H and O–H groups in total. The van der Waals surface area contributed by atoms with Crippen molar-refractivity contribution in [2.45, 2.75) is 44.1 Å². The van der Waals surface area contributed by atoms with Crippen molar-refractivity contribution >= 4 is 11.6 Å². The van der Waals surface area contributed by atoms with Gasteiger partial charge in [-0.2, -0.15) is 0 Å². The maximum atomic E-state index is 10.4. The monoisotopic (exact) mass is 408 g/mol. The van der Waals surface area contributed by atoms with Crippen LogP contribution in [0.3, 0.4) is 0 Å². The molecule has 152 valence electrons. The molecule has 0 aliphatic carbocycles. The van der Waals surface area contributed by atoms with Crippen molar-refractivity contribution in [1.82, 2.24) is 0 Å². The summed E-state index contributed by atoms with van der Waals surface area (Å²) >= 11 is 6.37. The van der Waals surface area contributed by atoms with Crippen LogP contribution in [0, 0.1) is 0 Å². The Morgan fingerprint density at radius 2 is 1.71 bits per heavy atom. The van der Waals surface area contributed by atoms with Gasteiger partial charge in [0.05, 0.1) is 6.61 Å². The first-order valence-electron chi connectivity index (χ1n) is 9.17. The Labute approximate surface area is 169 Å². The van der Waals surface area contributed by atoms with E-state index in [9.17, 15) is 15.3 Å². The fourth-order valence-electron chi connectivity index (χ4n) is 3.32. The zero-order chi connectivity index (χ0) is 20.3. The summed E-state index contributed by atoms with van der Waals surface area (Å²) in [6.45, 7) is 2.55. The van der Waals surface area contributed by atoms with Crippen LogP contribution in [0.2, 0.25) is 5.02 Å². The predicted molar refractivity (Wildman–Crippen MR) is 105 cm³/mol. The highest BCUT2D eigenvalue weighted by atomic mass is 35.5. The lowest BCUT2D eigenvalue weighted by atomic mass is 9.92. The van der Waals surface area contributed by atoms with Crippen molar-refractivity contribution < 1.29 is 29.5 Å². The molecular formula is C21H25ClO6. The Balaban J connectivity index is 1.82. The Bertz CT molecular complexity index is 779. The third-order valence-electron chi connectivity index (χ3n) is 4.83. The zero-order valence-corrected chi connectivity index (χ0v) is 16.5. The Hall–Kier alpha value is -1.67. The normalized spacial score (nSPS) is 27.6. The molecule has 2 aromatic carbocycles. The predicted octanol–water partition coefficient (Wildman–Crippen LogP) is 2.46. The van der Waals surface area contributed by atoms with Gasteiger partial charge in [0.2, 0.25) is 0 Å². The van der Waals surface area contributed by atoms with Gasteiger partial charge in [-0.1, -0.05) is 35.9 Å². The lowest BCUT2D eigenvalue weighted by Gasteiger charge is -2.40. The number of rotatable bonds is 6. The molecule has 0 saturated carbocycles. The van der Waals surface area contributed by atoms with Crippen molar-refractivity contribution in [1.29, 1.82) is 0 Å². The number of halogens is 1. The highest BCUT2D eigenvalue weighted by molar-refractivity contribution is 6.31. The summed E-state index contributed by atoms with van der Waals surface area (Å²) in [4.78, 5) is 0. The van der Waals surface area contributed by atoms with Crippen molar-refractivity contribution in [3.05, 3.63) is 64.2 Å². The van der Waals surface area contributed by atoms with E-state index < -0.39 is 30.7 Å². The molecule has 0 bridgehead atoms. The first kappa shape index (κ1) is 21.0. The van der Waals surface area contributed by atoms with Gasteiger partial charge in [0, 0.05) is 12.1 Å². The second-order valence-electron chi connectivity index (χ2n) is 6.74. The molecule has 1 fully saturated rings. The Kier molecular flexibility index (Phi) is 6.93. The fraction of sp³-hybridized carbons (Fsp3) is 0.429. The molecule has 1 heterocycles. The van der Waals surface area contributed by atoms with E-state index in [2.05, 4.69) is 0 Å². The maximum absolute atomic E-state index is 10.4. The van der Waals surface area contributed by atoms with Gasteiger partial charge < -0.3 is 29.5 Å².